The van der Waals surface area contributed by atoms with Gasteiger partial charge in [0.2, 0.25) is 0 Å². The van der Waals surface area contributed by atoms with Gasteiger partial charge in [-0.05, 0) is 31.3 Å². The molecule has 10 heavy (non-hydrogen) atoms. The molecule has 2 rings (SSSR count). The molecule has 1 N–H and O–H groups in total. The first-order chi connectivity index (χ1) is 4.97. The lowest BCUT2D eigenvalue weighted by Crippen LogP contribution is -1.94. The van der Waals surface area contributed by atoms with Crippen molar-refractivity contribution < 1.29 is 0 Å². The summed E-state index contributed by atoms with van der Waals surface area (Å²) in [6.45, 7) is 0. The third-order valence-corrected chi connectivity index (χ3v) is 2.67. The van der Waals surface area contributed by atoms with Gasteiger partial charge in [0.05, 0.1) is 5.69 Å². The van der Waals surface area contributed by atoms with Gasteiger partial charge in [0.15, 0.2) is 0 Å². The van der Waals surface area contributed by atoms with E-state index in [-0.39, 0.29) is 0 Å². The number of hydrogen-bond donors (Lipinski definition) is 1. The molecular weight excluding hydrogens is 142 g/mol. The van der Waals surface area contributed by atoms with Crippen LogP contribution in [-0.2, 0) is 0 Å². The highest BCUT2D eigenvalue weighted by atomic mass is 32.1. The second-order valence-electron chi connectivity index (χ2n) is 2.73. The van der Waals surface area contributed by atoms with Crippen LogP contribution in [0.4, 0.5) is 0 Å². The summed E-state index contributed by atoms with van der Waals surface area (Å²) in [5.41, 5.74) is 2.90. The predicted octanol–water partition coefficient (Wildman–Crippen LogP) is 3.03. The van der Waals surface area contributed by atoms with Gasteiger partial charge in [0.25, 0.3) is 0 Å². The van der Waals surface area contributed by atoms with E-state index in [0.717, 1.165) is 0 Å². The molecule has 0 bridgehead atoms. The van der Waals surface area contributed by atoms with E-state index < -0.39 is 0 Å². The topological polar surface area (TPSA) is 15.8 Å². The Morgan fingerprint density at radius 3 is 2.80 bits per heavy atom. The summed E-state index contributed by atoms with van der Waals surface area (Å²) in [5.74, 6) is 0. The SMILES string of the molecule is C1=C(c2cs[nH]2)CCCC1. The minimum absolute atomic E-state index is 1.28. The van der Waals surface area contributed by atoms with Crippen LogP contribution in [0.25, 0.3) is 5.57 Å². The van der Waals surface area contributed by atoms with Crippen LogP contribution in [0.2, 0.25) is 0 Å². The fourth-order valence-electron chi connectivity index (χ4n) is 1.34. The highest BCUT2D eigenvalue weighted by Gasteiger charge is 2.06. The van der Waals surface area contributed by atoms with Gasteiger partial charge in [0.1, 0.15) is 0 Å². The number of aromatic amines is 1. The molecule has 54 valence electrons. The summed E-state index contributed by atoms with van der Waals surface area (Å²) in [7, 11) is 0. The standard InChI is InChI=1S/C8H11NS/c1-2-4-7(5-3-1)8-6-10-9-8/h4,6,9H,1-3,5H2. The van der Waals surface area contributed by atoms with Crippen LogP contribution in [0.1, 0.15) is 31.4 Å². The average molecular weight is 153 g/mol. The lowest BCUT2D eigenvalue weighted by Gasteiger charge is -2.13. The van der Waals surface area contributed by atoms with E-state index >= 15 is 0 Å². The van der Waals surface area contributed by atoms with E-state index in [4.69, 9.17) is 0 Å². The zero-order valence-corrected chi connectivity index (χ0v) is 6.71. The second kappa shape index (κ2) is 2.62. The van der Waals surface area contributed by atoms with Crippen molar-refractivity contribution in [3.8, 4) is 0 Å². The van der Waals surface area contributed by atoms with Crippen molar-refractivity contribution in [1.82, 2.24) is 4.37 Å². The van der Waals surface area contributed by atoms with Crippen molar-refractivity contribution >= 4 is 17.1 Å². The molecule has 0 unspecified atom stereocenters. The third-order valence-electron chi connectivity index (χ3n) is 1.98. The van der Waals surface area contributed by atoms with E-state index in [2.05, 4.69) is 15.8 Å². The van der Waals surface area contributed by atoms with Crippen LogP contribution in [0.15, 0.2) is 11.5 Å². The molecule has 0 spiro atoms. The van der Waals surface area contributed by atoms with Gasteiger partial charge in [-0.2, -0.15) is 0 Å². The summed E-state index contributed by atoms with van der Waals surface area (Å²) in [5, 5.41) is 2.19. The van der Waals surface area contributed by atoms with Crippen molar-refractivity contribution in [3.05, 3.63) is 17.2 Å². The third kappa shape index (κ3) is 1.03. The highest BCUT2D eigenvalue weighted by Crippen LogP contribution is 2.27. The molecule has 0 radical (unpaired) electrons. The molecule has 1 aliphatic carbocycles. The molecule has 0 aromatic carbocycles. The maximum absolute atomic E-state index is 3.22. The van der Waals surface area contributed by atoms with E-state index in [1.165, 1.54) is 37.0 Å². The van der Waals surface area contributed by atoms with E-state index in [9.17, 15) is 0 Å². The Morgan fingerprint density at radius 2 is 2.30 bits per heavy atom. The van der Waals surface area contributed by atoms with Gasteiger partial charge < -0.3 is 4.37 Å². The molecule has 0 saturated carbocycles. The molecule has 0 amide bonds. The lowest BCUT2D eigenvalue weighted by atomic mass is 9.98. The Labute approximate surface area is 64.9 Å². The second-order valence-corrected chi connectivity index (χ2v) is 3.40. The summed E-state index contributed by atoms with van der Waals surface area (Å²) in [4.78, 5) is 0. The quantitative estimate of drug-likeness (QED) is 0.638. The number of rotatable bonds is 1. The van der Waals surface area contributed by atoms with Gasteiger partial charge in [-0.3, -0.25) is 0 Å². The zero-order valence-electron chi connectivity index (χ0n) is 5.89. The monoisotopic (exact) mass is 153 g/mol. The lowest BCUT2D eigenvalue weighted by molar-refractivity contribution is 0.740. The molecule has 0 saturated heterocycles. The van der Waals surface area contributed by atoms with Crippen molar-refractivity contribution in [2.45, 2.75) is 25.7 Å². The Kier molecular flexibility index (Phi) is 1.63. The van der Waals surface area contributed by atoms with Gasteiger partial charge in [-0.1, -0.05) is 17.6 Å². The normalized spacial score (nSPS) is 19.0. The Hall–Kier alpha value is -0.500. The van der Waals surface area contributed by atoms with Crippen LogP contribution in [0.3, 0.4) is 0 Å². The number of H-pyrrole nitrogens is 1. The van der Waals surface area contributed by atoms with E-state index in [1.807, 2.05) is 0 Å². The summed E-state index contributed by atoms with van der Waals surface area (Å²) in [6, 6.07) is 0. The number of allylic oxidation sites excluding steroid dienone is 2. The summed E-state index contributed by atoms with van der Waals surface area (Å²) >= 11 is 1.69. The van der Waals surface area contributed by atoms with Crippen molar-refractivity contribution in [1.29, 1.82) is 0 Å². The van der Waals surface area contributed by atoms with Crippen molar-refractivity contribution in [3.63, 3.8) is 0 Å². The predicted molar refractivity (Wildman–Crippen MR) is 45.1 cm³/mol. The van der Waals surface area contributed by atoms with Crippen molar-refractivity contribution in [2.24, 2.45) is 0 Å². The molecule has 1 heterocycles. The maximum Gasteiger partial charge on any atom is 0.0619 e. The van der Waals surface area contributed by atoms with Gasteiger partial charge in [0, 0.05) is 5.38 Å². The Morgan fingerprint density at radius 1 is 1.40 bits per heavy atom. The Bertz CT molecular complexity index is 222. The molecule has 1 aliphatic rings. The van der Waals surface area contributed by atoms with E-state index in [0.29, 0.717) is 0 Å². The van der Waals surface area contributed by atoms with Gasteiger partial charge >= 0.3 is 0 Å². The first-order valence-electron chi connectivity index (χ1n) is 3.78. The smallest absolute Gasteiger partial charge is 0.0619 e. The zero-order chi connectivity index (χ0) is 6.81. The molecule has 0 aliphatic heterocycles. The van der Waals surface area contributed by atoms with Crippen LogP contribution in [0, 0.1) is 0 Å². The van der Waals surface area contributed by atoms with Gasteiger partial charge in [-0.25, -0.2) is 0 Å². The molecular formula is C8H11NS. The Balaban J connectivity index is 2.14. The first-order valence-corrected chi connectivity index (χ1v) is 4.66. The van der Waals surface area contributed by atoms with Crippen molar-refractivity contribution in [2.75, 3.05) is 0 Å². The number of nitrogens with one attached hydrogen (secondary N) is 1. The number of hydrogen-bond acceptors (Lipinski definition) is 1. The van der Waals surface area contributed by atoms with Gasteiger partial charge in [-0.15, -0.1) is 0 Å². The molecule has 1 aromatic rings. The largest absolute Gasteiger partial charge is 0.310 e. The number of aromatic nitrogens is 1. The minimum Gasteiger partial charge on any atom is -0.310 e. The molecule has 1 aromatic heterocycles. The molecule has 2 heteroatoms. The fourth-order valence-corrected chi connectivity index (χ4v) is 1.86. The van der Waals surface area contributed by atoms with E-state index in [1.54, 1.807) is 11.5 Å². The summed E-state index contributed by atoms with van der Waals surface area (Å²) in [6.07, 6.45) is 7.67. The fraction of sp³-hybridized carbons (Fsp3) is 0.500. The molecule has 1 nitrogen and oxygen atoms in total. The molecule has 0 fully saturated rings. The van der Waals surface area contributed by atoms with Crippen LogP contribution >= 0.6 is 11.5 Å². The maximum atomic E-state index is 3.22. The minimum atomic E-state index is 1.28. The first kappa shape index (κ1) is 6.23. The molecule has 0 atom stereocenters. The average Bonchev–Trinajstić information content (AvgIpc) is 1.86. The highest BCUT2D eigenvalue weighted by molar-refractivity contribution is 7.05. The van der Waals surface area contributed by atoms with Crippen LogP contribution in [-0.4, -0.2) is 4.37 Å². The summed E-state index contributed by atoms with van der Waals surface area (Å²) < 4.78 is 3.22. The van der Waals surface area contributed by atoms with Crippen LogP contribution < -0.4 is 0 Å². The van der Waals surface area contributed by atoms with Crippen LogP contribution in [0.5, 0.6) is 0 Å².